The molecule has 9 rings (SSSR count). The maximum absolute atomic E-state index is 6.47. The Hall–Kier alpha value is -5.60. The molecule has 7 aromatic carbocycles. The van der Waals surface area contributed by atoms with E-state index in [4.69, 9.17) is 4.42 Å². The van der Waals surface area contributed by atoms with Gasteiger partial charge in [0.05, 0.1) is 5.69 Å². The normalized spacial score (nSPS) is 13.8. The van der Waals surface area contributed by atoms with Crippen LogP contribution in [0.15, 0.2) is 162 Å². The predicted octanol–water partition coefficient (Wildman–Crippen LogP) is 13.6. The number of para-hydroxylation sites is 4. The van der Waals surface area contributed by atoms with Gasteiger partial charge in [0.2, 0.25) is 0 Å². The van der Waals surface area contributed by atoms with Crippen molar-refractivity contribution in [2.24, 2.45) is 0 Å². The SMILES string of the molecule is c1ccc(N(c2cccc(-c3cccc4c3oc3ccccc34)c2)c2ccccc2-c2cccc3cccc(C4CCCCC4)c23)cc1. The lowest BCUT2D eigenvalue weighted by molar-refractivity contribution is 0.445. The summed E-state index contributed by atoms with van der Waals surface area (Å²) in [7, 11) is 0. The molecule has 0 radical (unpaired) electrons. The molecule has 0 amide bonds. The zero-order chi connectivity index (χ0) is 31.9. The second-order valence-corrected chi connectivity index (χ2v) is 13.1. The van der Waals surface area contributed by atoms with Gasteiger partial charge in [-0.2, -0.15) is 0 Å². The van der Waals surface area contributed by atoms with Gasteiger partial charge in [-0.3, -0.25) is 0 Å². The fraction of sp³-hybridized carbons (Fsp3) is 0.130. The maximum atomic E-state index is 6.47. The summed E-state index contributed by atoms with van der Waals surface area (Å²) in [5, 5.41) is 5.01. The fourth-order valence-corrected chi connectivity index (χ4v) is 8.04. The molecular formula is C46H37NO. The molecule has 0 unspecified atom stereocenters. The van der Waals surface area contributed by atoms with Crippen molar-refractivity contribution in [3.63, 3.8) is 0 Å². The first-order valence-corrected chi connectivity index (χ1v) is 17.3. The summed E-state index contributed by atoms with van der Waals surface area (Å²) in [5.74, 6) is 0.610. The largest absolute Gasteiger partial charge is 0.455 e. The number of nitrogens with zero attached hydrogens (tertiary/aromatic N) is 1. The molecule has 0 N–H and O–H groups in total. The molecule has 1 aromatic heterocycles. The van der Waals surface area contributed by atoms with E-state index in [1.54, 1.807) is 0 Å². The van der Waals surface area contributed by atoms with Crippen LogP contribution in [0, 0.1) is 0 Å². The van der Waals surface area contributed by atoms with E-state index < -0.39 is 0 Å². The first-order chi connectivity index (χ1) is 23.8. The molecule has 2 nitrogen and oxygen atoms in total. The van der Waals surface area contributed by atoms with Gasteiger partial charge in [-0.15, -0.1) is 0 Å². The van der Waals surface area contributed by atoms with Crippen LogP contribution in [0.5, 0.6) is 0 Å². The molecule has 232 valence electrons. The Labute approximate surface area is 281 Å². The monoisotopic (exact) mass is 619 g/mol. The van der Waals surface area contributed by atoms with Gasteiger partial charge in [-0.05, 0) is 82.6 Å². The van der Waals surface area contributed by atoms with E-state index in [-0.39, 0.29) is 0 Å². The van der Waals surface area contributed by atoms with Gasteiger partial charge in [-0.25, -0.2) is 0 Å². The zero-order valence-electron chi connectivity index (χ0n) is 27.0. The topological polar surface area (TPSA) is 16.4 Å². The number of hydrogen-bond donors (Lipinski definition) is 0. The Kier molecular flexibility index (Phi) is 7.28. The molecule has 8 aromatic rings. The fourth-order valence-electron chi connectivity index (χ4n) is 8.04. The van der Waals surface area contributed by atoms with Crippen molar-refractivity contribution in [3.8, 4) is 22.3 Å². The van der Waals surface area contributed by atoms with Gasteiger partial charge in [0.15, 0.2) is 0 Å². The van der Waals surface area contributed by atoms with E-state index in [1.165, 1.54) is 59.6 Å². The highest BCUT2D eigenvalue weighted by Crippen LogP contribution is 2.46. The van der Waals surface area contributed by atoms with Crippen LogP contribution in [0.4, 0.5) is 17.1 Å². The number of rotatable bonds is 6. The standard InChI is InChI=1S/C46H37NO/c1-3-15-32(16-4-1)37-25-12-17-33-18-13-27-41(45(33)37)39-23-7-9-29-43(39)47(35-20-5-2-6-21-35)36-22-11-19-34(31-36)38-26-14-28-42-40-24-8-10-30-44(40)48-46(38)42/h2,5-14,17-32H,1,3-4,15-16H2. The average molecular weight is 620 g/mol. The minimum absolute atomic E-state index is 0.610. The summed E-state index contributed by atoms with van der Waals surface area (Å²) in [4.78, 5) is 2.42. The first-order valence-electron chi connectivity index (χ1n) is 17.3. The van der Waals surface area contributed by atoms with Crippen LogP contribution in [0.2, 0.25) is 0 Å². The smallest absolute Gasteiger partial charge is 0.143 e. The number of hydrogen-bond acceptors (Lipinski definition) is 2. The van der Waals surface area contributed by atoms with Crippen LogP contribution in [-0.2, 0) is 0 Å². The molecule has 48 heavy (non-hydrogen) atoms. The van der Waals surface area contributed by atoms with Crippen molar-refractivity contribution in [3.05, 3.63) is 163 Å². The van der Waals surface area contributed by atoms with Gasteiger partial charge in [-0.1, -0.05) is 141 Å². The van der Waals surface area contributed by atoms with Gasteiger partial charge in [0.1, 0.15) is 11.2 Å². The van der Waals surface area contributed by atoms with E-state index >= 15 is 0 Å². The van der Waals surface area contributed by atoms with Gasteiger partial charge >= 0.3 is 0 Å². The highest BCUT2D eigenvalue weighted by Gasteiger charge is 2.23. The molecule has 1 aliphatic rings. The van der Waals surface area contributed by atoms with Crippen molar-refractivity contribution in [2.45, 2.75) is 38.0 Å². The Morgan fingerprint density at radius 1 is 0.500 bits per heavy atom. The molecule has 0 aliphatic heterocycles. The van der Waals surface area contributed by atoms with Gasteiger partial charge in [0, 0.05) is 33.3 Å². The molecule has 0 atom stereocenters. The van der Waals surface area contributed by atoms with Crippen molar-refractivity contribution >= 4 is 49.8 Å². The third kappa shape index (κ3) is 4.96. The van der Waals surface area contributed by atoms with Crippen LogP contribution in [-0.4, -0.2) is 0 Å². The summed E-state index contributed by atoms with van der Waals surface area (Å²) in [6.07, 6.45) is 6.54. The number of fused-ring (bicyclic) bond motifs is 4. The summed E-state index contributed by atoms with van der Waals surface area (Å²) in [6, 6.07) is 57.1. The average Bonchev–Trinajstić information content (AvgIpc) is 3.55. The molecule has 1 fully saturated rings. The van der Waals surface area contributed by atoms with Crippen LogP contribution in [0.25, 0.3) is 55.0 Å². The summed E-state index contributed by atoms with van der Waals surface area (Å²) < 4.78 is 6.47. The number of benzene rings is 7. The molecule has 1 saturated carbocycles. The van der Waals surface area contributed by atoms with E-state index in [0.717, 1.165) is 50.1 Å². The lowest BCUT2D eigenvalue weighted by Gasteiger charge is -2.29. The predicted molar refractivity (Wildman–Crippen MR) is 203 cm³/mol. The minimum Gasteiger partial charge on any atom is -0.455 e. The third-order valence-corrected chi connectivity index (χ3v) is 10.3. The number of furan rings is 1. The lowest BCUT2D eigenvalue weighted by atomic mass is 9.80. The van der Waals surface area contributed by atoms with E-state index in [0.29, 0.717) is 5.92 Å². The van der Waals surface area contributed by atoms with Crippen molar-refractivity contribution in [1.82, 2.24) is 0 Å². The molecule has 0 bridgehead atoms. The molecule has 1 heterocycles. The molecule has 2 heteroatoms. The molecular weight excluding hydrogens is 583 g/mol. The third-order valence-electron chi connectivity index (χ3n) is 10.3. The van der Waals surface area contributed by atoms with E-state index in [1.807, 2.05) is 6.07 Å². The molecule has 0 saturated heterocycles. The second-order valence-electron chi connectivity index (χ2n) is 13.1. The quantitative estimate of drug-likeness (QED) is 0.184. The number of anilines is 3. The minimum atomic E-state index is 0.610. The molecule has 0 spiro atoms. The van der Waals surface area contributed by atoms with E-state index in [9.17, 15) is 0 Å². The highest BCUT2D eigenvalue weighted by molar-refractivity contribution is 6.10. The van der Waals surface area contributed by atoms with Gasteiger partial charge < -0.3 is 9.32 Å². The van der Waals surface area contributed by atoms with Gasteiger partial charge in [0.25, 0.3) is 0 Å². The summed E-state index contributed by atoms with van der Waals surface area (Å²) >= 11 is 0. The maximum Gasteiger partial charge on any atom is 0.143 e. The highest BCUT2D eigenvalue weighted by atomic mass is 16.3. The first kappa shape index (κ1) is 28.6. The Balaban J connectivity index is 1.24. The summed E-state index contributed by atoms with van der Waals surface area (Å²) in [5.41, 5.74) is 11.5. The molecule has 1 aliphatic carbocycles. The van der Waals surface area contributed by atoms with Crippen LogP contribution >= 0.6 is 0 Å². The van der Waals surface area contributed by atoms with E-state index in [2.05, 4.69) is 157 Å². The lowest BCUT2D eigenvalue weighted by Crippen LogP contribution is -2.11. The Bertz CT molecular complexity index is 2390. The van der Waals surface area contributed by atoms with Crippen LogP contribution in [0.3, 0.4) is 0 Å². The van der Waals surface area contributed by atoms with Crippen molar-refractivity contribution < 1.29 is 4.42 Å². The Morgan fingerprint density at radius 2 is 1.17 bits per heavy atom. The van der Waals surface area contributed by atoms with Crippen molar-refractivity contribution in [1.29, 1.82) is 0 Å². The Morgan fingerprint density at radius 3 is 2.06 bits per heavy atom. The van der Waals surface area contributed by atoms with Crippen LogP contribution < -0.4 is 4.90 Å². The zero-order valence-corrected chi connectivity index (χ0v) is 27.0. The van der Waals surface area contributed by atoms with Crippen molar-refractivity contribution in [2.75, 3.05) is 4.90 Å². The second kappa shape index (κ2) is 12.2. The summed E-state index contributed by atoms with van der Waals surface area (Å²) in [6.45, 7) is 0. The van der Waals surface area contributed by atoms with Crippen LogP contribution in [0.1, 0.15) is 43.6 Å².